The summed E-state index contributed by atoms with van der Waals surface area (Å²) in [5, 5.41) is 6.33. The molecule has 110 valence electrons. The summed E-state index contributed by atoms with van der Waals surface area (Å²) in [6.07, 6.45) is 3.83. The lowest BCUT2D eigenvalue weighted by Gasteiger charge is -2.11. The maximum atomic E-state index is 12.1. The van der Waals surface area contributed by atoms with Crippen LogP contribution < -0.4 is 10.6 Å². The van der Waals surface area contributed by atoms with Gasteiger partial charge in [-0.2, -0.15) is 0 Å². The van der Waals surface area contributed by atoms with Crippen molar-refractivity contribution in [2.24, 2.45) is 5.92 Å². The maximum absolute atomic E-state index is 12.1. The minimum Gasteiger partial charge on any atom is -0.459 e. The third-order valence-corrected chi connectivity index (χ3v) is 4.50. The standard InChI is InChI=1S/C15H16N2O3S/c1-9(10-4-5-10)16-15(19)12-6-7-13(21-12)17-14(18)11-3-2-8-20-11/h2-3,6-10H,4-5H2,1H3,(H,16,19)(H,17,18). The van der Waals surface area contributed by atoms with Crippen molar-refractivity contribution in [3.8, 4) is 0 Å². The normalized spacial score (nSPS) is 15.5. The zero-order valence-corrected chi connectivity index (χ0v) is 12.4. The summed E-state index contributed by atoms with van der Waals surface area (Å²) in [4.78, 5) is 24.5. The van der Waals surface area contributed by atoms with Crippen molar-refractivity contribution >= 4 is 28.2 Å². The molecule has 0 radical (unpaired) electrons. The molecule has 1 aliphatic rings. The molecule has 1 atom stereocenters. The van der Waals surface area contributed by atoms with Crippen molar-refractivity contribution in [2.45, 2.75) is 25.8 Å². The molecule has 2 N–H and O–H groups in total. The van der Waals surface area contributed by atoms with Gasteiger partial charge in [-0.25, -0.2) is 0 Å². The molecule has 2 amide bonds. The van der Waals surface area contributed by atoms with E-state index in [-0.39, 0.29) is 23.6 Å². The van der Waals surface area contributed by atoms with Crippen LogP contribution in [0.4, 0.5) is 5.00 Å². The summed E-state index contributed by atoms with van der Waals surface area (Å²) < 4.78 is 5.02. The average Bonchev–Trinajstić information content (AvgIpc) is 2.98. The molecule has 21 heavy (non-hydrogen) atoms. The van der Waals surface area contributed by atoms with E-state index in [9.17, 15) is 9.59 Å². The average molecular weight is 304 g/mol. The van der Waals surface area contributed by atoms with Gasteiger partial charge < -0.3 is 15.1 Å². The van der Waals surface area contributed by atoms with Gasteiger partial charge in [-0.05, 0) is 49.9 Å². The SMILES string of the molecule is CC(NC(=O)c1ccc(NC(=O)c2ccco2)s1)C1CC1. The third kappa shape index (κ3) is 3.33. The van der Waals surface area contributed by atoms with Crippen molar-refractivity contribution in [3.05, 3.63) is 41.2 Å². The molecule has 2 aromatic rings. The lowest BCUT2D eigenvalue weighted by atomic mass is 10.2. The zero-order valence-electron chi connectivity index (χ0n) is 11.6. The van der Waals surface area contributed by atoms with Crippen LogP contribution in [0.1, 0.15) is 40.0 Å². The summed E-state index contributed by atoms with van der Waals surface area (Å²) in [6, 6.07) is 6.90. The second kappa shape index (κ2) is 5.73. The lowest BCUT2D eigenvalue weighted by molar-refractivity contribution is 0.0939. The Bertz CT molecular complexity index is 644. The number of nitrogens with one attached hydrogen (secondary N) is 2. The van der Waals surface area contributed by atoms with Crippen LogP contribution in [0.2, 0.25) is 0 Å². The van der Waals surface area contributed by atoms with Crippen molar-refractivity contribution in [3.63, 3.8) is 0 Å². The van der Waals surface area contributed by atoms with Crippen LogP contribution in [0, 0.1) is 5.92 Å². The summed E-state index contributed by atoms with van der Waals surface area (Å²) in [6.45, 7) is 2.03. The Morgan fingerprint density at radius 3 is 2.76 bits per heavy atom. The molecule has 0 saturated heterocycles. The minimum absolute atomic E-state index is 0.0853. The number of rotatable bonds is 5. The highest BCUT2D eigenvalue weighted by Gasteiger charge is 2.29. The predicted octanol–water partition coefficient (Wildman–Crippen LogP) is 3.12. The van der Waals surface area contributed by atoms with Gasteiger partial charge in [0.05, 0.1) is 16.1 Å². The van der Waals surface area contributed by atoms with Crippen molar-refractivity contribution in [1.82, 2.24) is 5.32 Å². The number of carbonyl (C=O) groups excluding carboxylic acids is 2. The number of hydrogen-bond acceptors (Lipinski definition) is 4. The van der Waals surface area contributed by atoms with Gasteiger partial charge >= 0.3 is 0 Å². The van der Waals surface area contributed by atoms with Crippen LogP contribution in [-0.2, 0) is 0 Å². The quantitative estimate of drug-likeness (QED) is 0.891. The first kappa shape index (κ1) is 13.9. The molecule has 0 aliphatic heterocycles. The lowest BCUT2D eigenvalue weighted by Crippen LogP contribution is -2.33. The molecule has 0 bridgehead atoms. The minimum atomic E-state index is -0.319. The first-order valence-corrected chi connectivity index (χ1v) is 7.70. The molecule has 1 fully saturated rings. The summed E-state index contributed by atoms with van der Waals surface area (Å²) in [7, 11) is 0. The topological polar surface area (TPSA) is 71.3 Å². The van der Waals surface area contributed by atoms with E-state index in [2.05, 4.69) is 10.6 Å². The summed E-state index contributed by atoms with van der Waals surface area (Å²) in [5.74, 6) is 0.460. The third-order valence-electron chi connectivity index (χ3n) is 3.50. The van der Waals surface area contributed by atoms with Crippen molar-refractivity contribution in [1.29, 1.82) is 0 Å². The second-order valence-corrected chi connectivity index (χ2v) is 6.28. The van der Waals surface area contributed by atoms with Gasteiger partial charge in [0.15, 0.2) is 5.76 Å². The highest BCUT2D eigenvalue weighted by Crippen LogP contribution is 2.32. The Balaban J connectivity index is 1.60. The van der Waals surface area contributed by atoms with Crippen molar-refractivity contribution < 1.29 is 14.0 Å². The predicted molar refractivity (Wildman–Crippen MR) is 80.6 cm³/mol. The fraction of sp³-hybridized carbons (Fsp3) is 0.333. The molecule has 1 aliphatic carbocycles. The second-order valence-electron chi connectivity index (χ2n) is 5.19. The van der Waals surface area contributed by atoms with E-state index in [1.54, 1.807) is 24.3 Å². The Kier molecular flexibility index (Phi) is 3.79. The van der Waals surface area contributed by atoms with Gasteiger partial charge in [-0.15, -0.1) is 11.3 Å². The first-order chi connectivity index (χ1) is 10.1. The van der Waals surface area contributed by atoms with E-state index in [0.29, 0.717) is 15.8 Å². The highest BCUT2D eigenvalue weighted by atomic mass is 32.1. The van der Waals surface area contributed by atoms with Gasteiger partial charge in [0.2, 0.25) is 0 Å². The van der Waals surface area contributed by atoms with Crippen LogP contribution in [0.15, 0.2) is 34.9 Å². The monoisotopic (exact) mass is 304 g/mol. The molecule has 1 unspecified atom stereocenters. The Hall–Kier alpha value is -2.08. The largest absolute Gasteiger partial charge is 0.459 e. The summed E-state index contributed by atoms with van der Waals surface area (Å²) in [5.41, 5.74) is 0. The van der Waals surface area contributed by atoms with E-state index >= 15 is 0 Å². The van der Waals surface area contributed by atoms with Gasteiger partial charge in [-0.3, -0.25) is 9.59 Å². The van der Waals surface area contributed by atoms with Crippen LogP contribution in [0.3, 0.4) is 0 Å². The molecular formula is C15H16N2O3S. The Morgan fingerprint density at radius 1 is 1.29 bits per heavy atom. The van der Waals surface area contributed by atoms with E-state index in [4.69, 9.17) is 4.42 Å². The number of hydrogen-bond donors (Lipinski definition) is 2. The smallest absolute Gasteiger partial charge is 0.291 e. The van der Waals surface area contributed by atoms with Gasteiger partial charge in [0.25, 0.3) is 11.8 Å². The van der Waals surface area contributed by atoms with Crippen LogP contribution in [0.5, 0.6) is 0 Å². The van der Waals surface area contributed by atoms with Crippen LogP contribution >= 0.6 is 11.3 Å². The van der Waals surface area contributed by atoms with Crippen LogP contribution in [0.25, 0.3) is 0 Å². The molecule has 2 heterocycles. The fourth-order valence-corrected chi connectivity index (χ4v) is 2.90. The van der Waals surface area contributed by atoms with E-state index in [1.165, 1.54) is 30.4 Å². The summed E-state index contributed by atoms with van der Waals surface area (Å²) >= 11 is 1.26. The number of amides is 2. The maximum Gasteiger partial charge on any atom is 0.291 e. The van der Waals surface area contributed by atoms with Crippen LogP contribution in [-0.4, -0.2) is 17.9 Å². The van der Waals surface area contributed by atoms with Gasteiger partial charge in [-0.1, -0.05) is 0 Å². The molecule has 6 heteroatoms. The van der Waals surface area contributed by atoms with Crippen molar-refractivity contribution in [2.75, 3.05) is 5.32 Å². The number of carbonyl (C=O) groups is 2. The van der Waals surface area contributed by atoms with E-state index in [1.807, 2.05) is 6.92 Å². The molecule has 0 aromatic carbocycles. The highest BCUT2D eigenvalue weighted by molar-refractivity contribution is 7.18. The fourth-order valence-electron chi connectivity index (χ4n) is 2.10. The first-order valence-electron chi connectivity index (χ1n) is 6.89. The number of furan rings is 1. The van der Waals surface area contributed by atoms with Gasteiger partial charge in [0.1, 0.15) is 0 Å². The molecule has 0 spiro atoms. The molecule has 3 rings (SSSR count). The number of anilines is 1. The molecule has 1 saturated carbocycles. The number of thiophene rings is 1. The van der Waals surface area contributed by atoms with E-state index in [0.717, 1.165) is 0 Å². The Labute approximate surface area is 126 Å². The zero-order chi connectivity index (χ0) is 14.8. The molecular weight excluding hydrogens is 288 g/mol. The molecule has 2 aromatic heterocycles. The van der Waals surface area contributed by atoms with E-state index < -0.39 is 0 Å². The van der Waals surface area contributed by atoms with Gasteiger partial charge in [0, 0.05) is 6.04 Å². The molecule has 5 nitrogen and oxygen atoms in total. The Morgan fingerprint density at radius 2 is 2.10 bits per heavy atom.